The Kier molecular flexibility index (Phi) is 9.99. The van der Waals surface area contributed by atoms with Crippen molar-refractivity contribution in [3.63, 3.8) is 0 Å². The van der Waals surface area contributed by atoms with Crippen LogP contribution in [0.1, 0.15) is 43.5 Å². The van der Waals surface area contributed by atoms with Crippen LogP contribution < -0.4 is 21.4 Å². The van der Waals surface area contributed by atoms with E-state index in [-0.39, 0.29) is 34.0 Å². The minimum Gasteiger partial charge on any atom is -0.352 e. The second-order valence-corrected chi connectivity index (χ2v) is 11.4. The number of carbonyl (C=O) groups is 2. The minimum atomic E-state index is -3.55. The van der Waals surface area contributed by atoms with Crippen LogP contribution in [-0.4, -0.2) is 47.2 Å². The Morgan fingerprint density at radius 1 is 1.03 bits per heavy atom. The molecule has 13 heteroatoms. The second-order valence-electron chi connectivity index (χ2n) is 8.56. The first-order valence-electron chi connectivity index (χ1n) is 11.8. The van der Waals surface area contributed by atoms with Gasteiger partial charge in [0.1, 0.15) is 5.02 Å². The number of nitrogens with one attached hydrogen (secondary N) is 4. The Morgan fingerprint density at radius 3 is 2.42 bits per heavy atom. The number of benzene rings is 2. The van der Waals surface area contributed by atoms with Gasteiger partial charge in [0.05, 0.1) is 22.0 Å². The molecule has 0 aliphatic heterocycles. The number of rotatable bonds is 12. The maximum atomic E-state index is 12.8. The third kappa shape index (κ3) is 7.63. The van der Waals surface area contributed by atoms with Gasteiger partial charge in [0.2, 0.25) is 11.9 Å². The molecule has 3 aromatic rings. The Bertz CT molecular complexity index is 1380. The van der Waals surface area contributed by atoms with Crippen molar-refractivity contribution in [3.05, 3.63) is 65.3 Å². The minimum absolute atomic E-state index is 0.142. The predicted octanol–water partition coefficient (Wildman–Crippen LogP) is 4.20. The molecule has 0 saturated carbocycles. The maximum Gasteiger partial charge on any atom is 0.251 e. The highest BCUT2D eigenvalue weighted by Gasteiger charge is 2.23. The number of amides is 2. The standard InChI is InChI=1S/C25H29ClN6O5S/c1-16(2)38(36,37)21-8-4-3-7-20(21)30-23-19(26)15-28-25(31-23)29-18-12-10-17(11-13-18)24(34)27-14-6-5-9-22(33)32-35/h3-4,7-8,10-13,15-16,35H,5-6,9,14H2,1-2H3,(H,27,34)(H,32,33)(H2,28,29,30,31). The highest BCUT2D eigenvalue weighted by molar-refractivity contribution is 7.92. The molecule has 2 amide bonds. The van der Waals surface area contributed by atoms with Crippen LogP contribution >= 0.6 is 11.6 Å². The van der Waals surface area contributed by atoms with Gasteiger partial charge in [0.15, 0.2) is 15.7 Å². The molecule has 11 nitrogen and oxygen atoms in total. The number of anilines is 4. The topological polar surface area (TPSA) is 162 Å². The van der Waals surface area contributed by atoms with E-state index >= 15 is 0 Å². The molecule has 0 radical (unpaired) electrons. The third-order valence-electron chi connectivity index (χ3n) is 5.46. The number of para-hydroxylation sites is 1. The van der Waals surface area contributed by atoms with Crippen molar-refractivity contribution in [1.29, 1.82) is 0 Å². The summed E-state index contributed by atoms with van der Waals surface area (Å²) in [5.41, 5.74) is 2.98. The molecule has 0 unspecified atom stereocenters. The van der Waals surface area contributed by atoms with Gasteiger partial charge in [-0.2, -0.15) is 4.98 Å². The summed E-state index contributed by atoms with van der Waals surface area (Å²) in [4.78, 5) is 32.0. The molecule has 3 rings (SSSR count). The van der Waals surface area contributed by atoms with E-state index in [1.54, 1.807) is 61.8 Å². The highest BCUT2D eigenvalue weighted by Crippen LogP contribution is 2.30. The highest BCUT2D eigenvalue weighted by atomic mass is 35.5. The molecule has 1 heterocycles. The van der Waals surface area contributed by atoms with E-state index in [0.717, 1.165) is 0 Å². The summed E-state index contributed by atoms with van der Waals surface area (Å²) >= 11 is 6.28. The molecule has 0 aliphatic carbocycles. The van der Waals surface area contributed by atoms with Gasteiger partial charge in [0, 0.05) is 24.2 Å². The van der Waals surface area contributed by atoms with Crippen molar-refractivity contribution in [1.82, 2.24) is 20.8 Å². The molecular formula is C25H29ClN6O5S. The molecule has 0 atom stereocenters. The van der Waals surface area contributed by atoms with Gasteiger partial charge in [-0.05, 0) is 63.1 Å². The third-order valence-corrected chi connectivity index (χ3v) is 7.94. The molecule has 0 fully saturated rings. The van der Waals surface area contributed by atoms with Gasteiger partial charge in [-0.1, -0.05) is 23.7 Å². The fourth-order valence-corrected chi connectivity index (χ4v) is 4.66. The summed E-state index contributed by atoms with van der Waals surface area (Å²) in [6.45, 7) is 3.62. The first-order valence-corrected chi connectivity index (χ1v) is 13.7. The average Bonchev–Trinajstić information content (AvgIpc) is 2.90. The maximum absolute atomic E-state index is 12.8. The average molecular weight is 561 g/mol. The quantitative estimate of drug-likeness (QED) is 0.124. The van der Waals surface area contributed by atoms with Crippen LogP contribution in [0.4, 0.5) is 23.1 Å². The summed E-state index contributed by atoms with van der Waals surface area (Å²) in [6.07, 6.45) is 2.70. The lowest BCUT2D eigenvalue weighted by atomic mass is 10.2. The lowest BCUT2D eigenvalue weighted by Gasteiger charge is -2.15. The van der Waals surface area contributed by atoms with E-state index in [0.29, 0.717) is 36.3 Å². The molecule has 0 saturated heterocycles. The van der Waals surface area contributed by atoms with E-state index in [4.69, 9.17) is 16.8 Å². The summed E-state index contributed by atoms with van der Waals surface area (Å²) < 4.78 is 25.5. The molecule has 1 aromatic heterocycles. The fourth-order valence-electron chi connectivity index (χ4n) is 3.32. The van der Waals surface area contributed by atoms with Gasteiger partial charge in [-0.25, -0.2) is 18.9 Å². The summed E-state index contributed by atoms with van der Waals surface area (Å²) in [7, 11) is -3.55. The van der Waals surface area contributed by atoms with Crippen LogP contribution in [0.5, 0.6) is 0 Å². The van der Waals surface area contributed by atoms with Crippen molar-refractivity contribution in [2.75, 3.05) is 17.2 Å². The summed E-state index contributed by atoms with van der Waals surface area (Å²) in [6, 6.07) is 13.2. The Morgan fingerprint density at radius 2 is 1.74 bits per heavy atom. The van der Waals surface area contributed by atoms with Gasteiger partial charge >= 0.3 is 0 Å². The molecule has 2 aromatic carbocycles. The van der Waals surface area contributed by atoms with Crippen LogP contribution in [-0.2, 0) is 14.6 Å². The number of nitrogens with zero attached hydrogens (tertiary/aromatic N) is 2. The normalized spacial score (nSPS) is 11.2. The van der Waals surface area contributed by atoms with E-state index in [1.807, 2.05) is 0 Å². The zero-order valence-electron chi connectivity index (χ0n) is 20.9. The number of hydrogen-bond donors (Lipinski definition) is 5. The first kappa shape index (κ1) is 28.8. The van der Waals surface area contributed by atoms with Gasteiger partial charge in [0.25, 0.3) is 5.91 Å². The SMILES string of the molecule is CC(C)S(=O)(=O)c1ccccc1Nc1nc(Nc2ccc(C(=O)NCCCCC(=O)NO)cc2)ncc1Cl. The van der Waals surface area contributed by atoms with Gasteiger partial charge in [-0.3, -0.25) is 14.8 Å². The molecule has 202 valence electrons. The van der Waals surface area contributed by atoms with E-state index < -0.39 is 21.0 Å². The van der Waals surface area contributed by atoms with Gasteiger partial charge in [-0.15, -0.1) is 0 Å². The first-order chi connectivity index (χ1) is 18.1. The molecule has 38 heavy (non-hydrogen) atoms. The van der Waals surface area contributed by atoms with Crippen LogP contribution in [0.25, 0.3) is 0 Å². The number of aromatic nitrogens is 2. The van der Waals surface area contributed by atoms with E-state index in [9.17, 15) is 18.0 Å². The van der Waals surface area contributed by atoms with Crippen LogP contribution in [0, 0.1) is 0 Å². The van der Waals surface area contributed by atoms with Crippen molar-refractivity contribution in [3.8, 4) is 0 Å². The largest absolute Gasteiger partial charge is 0.352 e. The number of sulfone groups is 1. The van der Waals surface area contributed by atoms with Crippen LogP contribution in [0.2, 0.25) is 5.02 Å². The Hall–Kier alpha value is -3.74. The molecule has 0 bridgehead atoms. The lowest BCUT2D eigenvalue weighted by Crippen LogP contribution is -2.25. The summed E-state index contributed by atoms with van der Waals surface area (Å²) in [5, 5.41) is 16.9. The number of halogens is 1. The number of unbranched alkanes of at least 4 members (excludes halogenated alkanes) is 1. The molecule has 5 N–H and O–H groups in total. The van der Waals surface area contributed by atoms with Gasteiger partial charge < -0.3 is 16.0 Å². The zero-order valence-corrected chi connectivity index (χ0v) is 22.4. The van der Waals surface area contributed by atoms with Crippen LogP contribution in [0.15, 0.2) is 59.6 Å². The Labute approximate surface area is 225 Å². The van der Waals surface area contributed by atoms with E-state index in [2.05, 4.69) is 25.9 Å². The fraction of sp³-hybridized carbons (Fsp3) is 0.280. The monoisotopic (exact) mass is 560 g/mol. The number of carbonyl (C=O) groups excluding carboxylic acids is 2. The van der Waals surface area contributed by atoms with E-state index in [1.165, 1.54) is 12.3 Å². The molecular weight excluding hydrogens is 532 g/mol. The predicted molar refractivity (Wildman–Crippen MR) is 145 cm³/mol. The summed E-state index contributed by atoms with van der Waals surface area (Å²) in [5.74, 6) is -0.281. The van der Waals surface area contributed by atoms with Crippen molar-refractivity contribution >= 4 is 56.4 Å². The molecule has 0 aliphatic rings. The van der Waals surface area contributed by atoms with Crippen molar-refractivity contribution in [2.45, 2.75) is 43.3 Å². The molecule has 0 spiro atoms. The number of hydrogen-bond acceptors (Lipinski definition) is 9. The lowest BCUT2D eigenvalue weighted by molar-refractivity contribution is -0.129. The second kappa shape index (κ2) is 13.2. The van der Waals surface area contributed by atoms with Crippen molar-refractivity contribution in [2.24, 2.45) is 0 Å². The van der Waals surface area contributed by atoms with Crippen LogP contribution in [0.3, 0.4) is 0 Å². The Balaban J connectivity index is 1.65. The van der Waals surface area contributed by atoms with Crippen molar-refractivity contribution < 1.29 is 23.2 Å². The zero-order chi connectivity index (χ0) is 27.7. The number of hydroxylamine groups is 1. The smallest absolute Gasteiger partial charge is 0.251 e.